The Bertz CT molecular complexity index is 488. The van der Waals surface area contributed by atoms with E-state index in [4.69, 9.17) is 4.74 Å². The number of ether oxygens (including phenoxy) is 1. The molecule has 0 saturated carbocycles. The van der Waals surface area contributed by atoms with E-state index in [1.54, 1.807) is 7.11 Å². The predicted octanol–water partition coefficient (Wildman–Crippen LogP) is 3.62. The molecule has 3 nitrogen and oxygen atoms in total. The Hall–Kier alpha value is -1.35. The van der Waals surface area contributed by atoms with Crippen LogP contribution in [0.15, 0.2) is 12.1 Å². The lowest BCUT2D eigenvalue weighted by atomic mass is 9.82. The van der Waals surface area contributed by atoms with Crippen molar-refractivity contribution in [2.24, 2.45) is 0 Å². The van der Waals surface area contributed by atoms with Crippen LogP contribution in [0.5, 0.6) is 5.75 Å². The maximum Gasteiger partial charge on any atom is 0.186 e. The van der Waals surface area contributed by atoms with Crippen LogP contribution in [0.4, 0.5) is 0 Å². The van der Waals surface area contributed by atoms with Gasteiger partial charge in [0.05, 0.1) is 18.2 Å². The van der Waals surface area contributed by atoms with Gasteiger partial charge in [-0.05, 0) is 58.0 Å². The van der Waals surface area contributed by atoms with E-state index in [2.05, 4.69) is 13.8 Å². The topological polar surface area (TPSA) is 29.5 Å². The lowest BCUT2D eigenvalue weighted by Gasteiger charge is -2.37. The second-order valence-corrected chi connectivity index (χ2v) is 5.55. The summed E-state index contributed by atoms with van der Waals surface area (Å²) in [6.07, 6.45) is 1.57. The highest BCUT2D eigenvalue weighted by molar-refractivity contribution is 6.05. The predicted molar refractivity (Wildman–Crippen MR) is 83.8 cm³/mol. The van der Waals surface area contributed by atoms with Crippen LogP contribution < -0.4 is 4.74 Å². The Kier molecular flexibility index (Phi) is 5.35. The van der Waals surface area contributed by atoms with Crippen LogP contribution in [0.1, 0.15) is 48.2 Å². The summed E-state index contributed by atoms with van der Waals surface area (Å²) in [6.45, 7) is 8.16. The number of hydrogen-bond donors (Lipinski definition) is 0. The van der Waals surface area contributed by atoms with Gasteiger partial charge < -0.3 is 4.74 Å². The van der Waals surface area contributed by atoms with Gasteiger partial charge in [-0.15, -0.1) is 0 Å². The Balaban J connectivity index is 3.44. The molecule has 0 aliphatic carbocycles. The molecule has 112 valence electrons. The summed E-state index contributed by atoms with van der Waals surface area (Å²) in [5.41, 5.74) is 2.41. The number of carbonyl (C=O) groups is 1. The molecular formula is C17H27NO2. The van der Waals surface area contributed by atoms with E-state index in [1.807, 2.05) is 45.0 Å². The van der Waals surface area contributed by atoms with Crippen molar-refractivity contribution in [2.45, 2.75) is 46.1 Å². The molecule has 3 heteroatoms. The molecule has 0 atom stereocenters. The Morgan fingerprint density at radius 3 is 2.15 bits per heavy atom. The number of benzene rings is 1. The number of hydrogen-bond acceptors (Lipinski definition) is 3. The summed E-state index contributed by atoms with van der Waals surface area (Å²) in [4.78, 5) is 15.1. The van der Waals surface area contributed by atoms with E-state index in [9.17, 15) is 4.79 Å². The quantitative estimate of drug-likeness (QED) is 0.744. The second-order valence-electron chi connectivity index (χ2n) is 5.55. The first kappa shape index (κ1) is 16.7. The van der Waals surface area contributed by atoms with E-state index in [1.165, 1.54) is 0 Å². The van der Waals surface area contributed by atoms with E-state index < -0.39 is 5.54 Å². The summed E-state index contributed by atoms with van der Waals surface area (Å²) in [7, 11) is 5.57. The number of methoxy groups -OCH3 is 1. The molecule has 0 N–H and O–H groups in total. The van der Waals surface area contributed by atoms with Crippen LogP contribution in [0, 0.1) is 13.8 Å². The molecule has 0 heterocycles. The molecule has 0 aliphatic heterocycles. The van der Waals surface area contributed by atoms with E-state index in [-0.39, 0.29) is 5.78 Å². The van der Waals surface area contributed by atoms with Crippen molar-refractivity contribution < 1.29 is 9.53 Å². The van der Waals surface area contributed by atoms with Crippen LogP contribution in [-0.2, 0) is 0 Å². The minimum Gasteiger partial charge on any atom is -0.496 e. The normalized spacial score (nSPS) is 11.8. The number of aryl methyl sites for hydroxylation is 1. The van der Waals surface area contributed by atoms with Crippen molar-refractivity contribution in [1.29, 1.82) is 0 Å². The molecule has 1 aromatic carbocycles. The SMILES string of the molecule is CCC(CC)(C(=O)c1ccc(C)c(C)c1OC)N(C)C. The molecule has 0 bridgehead atoms. The van der Waals surface area contributed by atoms with Crippen LogP contribution >= 0.6 is 0 Å². The lowest BCUT2D eigenvalue weighted by molar-refractivity contribution is 0.0653. The molecule has 0 saturated heterocycles. The number of rotatable bonds is 6. The summed E-state index contributed by atoms with van der Waals surface area (Å²) in [6, 6.07) is 3.89. The highest BCUT2D eigenvalue weighted by atomic mass is 16.5. The van der Waals surface area contributed by atoms with Gasteiger partial charge in [0.1, 0.15) is 5.75 Å². The van der Waals surface area contributed by atoms with Crippen molar-refractivity contribution >= 4 is 5.78 Å². The summed E-state index contributed by atoms with van der Waals surface area (Å²) in [5, 5.41) is 0. The van der Waals surface area contributed by atoms with Crippen molar-refractivity contribution in [3.05, 3.63) is 28.8 Å². The minimum absolute atomic E-state index is 0.146. The average molecular weight is 277 g/mol. The standard InChI is InChI=1S/C17H27NO2/c1-8-17(9-2,18(5)6)16(19)14-11-10-12(3)13(4)15(14)20-7/h10-11H,8-9H2,1-7H3. The van der Waals surface area contributed by atoms with Gasteiger partial charge in [-0.2, -0.15) is 0 Å². The third-order valence-electron chi connectivity index (χ3n) is 4.57. The molecule has 0 unspecified atom stereocenters. The first-order chi connectivity index (χ1) is 9.35. The maximum atomic E-state index is 13.1. The fourth-order valence-electron chi connectivity index (χ4n) is 2.89. The van der Waals surface area contributed by atoms with Gasteiger partial charge in [0.25, 0.3) is 0 Å². The van der Waals surface area contributed by atoms with Gasteiger partial charge >= 0.3 is 0 Å². The second kappa shape index (κ2) is 6.40. The van der Waals surface area contributed by atoms with E-state index in [0.717, 1.165) is 24.0 Å². The van der Waals surface area contributed by atoms with Gasteiger partial charge in [0.2, 0.25) is 0 Å². The first-order valence-electron chi connectivity index (χ1n) is 7.22. The number of nitrogens with zero attached hydrogens (tertiary/aromatic N) is 1. The Morgan fingerprint density at radius 1 is 1.20 bits per heavy atom. The van der Waals surface area contributed by atoms with Crippen molar-refractivity contribution in [3.8, 4) is 5.75 Å². The largest absolute Gasteiger partial charge is 0.496 e. The molecule has 0 fully saturated rings. The zero-order valence-corrected chi connectivity index (χ0v) is 13.8. The zero-order chi connectivity index (χ0) is 15.5. The molecule has 0 aliphatic rings. The van der Waals surface area contributed by atoms with Crippen LogP contribution in [0.25, 0.3) is 0 Å². The molecular weight excluding hydrogens is 250 g/mol. The highest BCUT2D eigenvalue weighted by Crippen LogP contribution is 2.33. The number of Topliss-reactive ketones (excluding diaryl/α,β-unsaturated/α-hetero) is 1. The third kappa shape index (κ3) is 2.59. The zero-order valence-electron chi connectivity index (χ0n) is 13.8. The van der Waals surface area contributed by atoms with Gasteiger partial charge in [-0.3, -0.25) is 9.69 Å². The lowest BCUT2D eigenvalue weighted by Crippen LogP contribution is -2.50. The Labute approximate surface area is 122 Å². The number of carbonyl (C=O) groups excluding carboxylic acids is 1. The van der Waals surface area contributed by atoms with Crippen molar-refractivity contribution in [2.75, 3.05) is 21.2 Å². The third-order valence-corrected chi connectivity index (χ3v) is 4.57. The summed E-state index contributed by atoms with van der Waals surface area (Å²) in [5.74, 6) is 0.857. The molecule has 0 amide bonds. The Morgan fingerprint density at radius 2 is 1.75 bits per heavy atom. The van der Waals surface area contributed by atoms with Crippen LogP contribution in [0.2, 0.25) is 0 Å². The van der Waals surface area contributed by atoms with Crippen molar-refractivity contribution in [1.82, 2.24) is 4.90 Å². The molecule has 0 aromatic heterocycles. The summed E-state index contributed by atoms with van der Waals surface area (Å²) < 4.78 is 5.50. The average Bonchev–Trinajstić information content (AvgIpc) is 2.43. The monoisotopic (exact) mass is 277 g/mol. The van der Waals surface area contributed by atoms with Crippen molar-refractivity contribution in [3.63, 3.8) is 0 Å². The van der Waals surface area contributed by atoms with Gasteiger partial charge in [-0.25, -0.2) is 0 Å². The van der Waals surface area contributed by atoms with E-state index >= 15 is 0 Å². The van der Waals surface area contributed by atoms with Crippen LogP contribution in [0.3, 0.4) is 0 Å². The fraction of sp³-hybridized carbons (Fsp3) is 0.588. The number of ketones is 1. The highest BCUT2D eigenvalue weighted by Gasteiger charge is 2.39. The fourth-order valence-corrected chi connectivity index (χ4v) is 2.89. The maximum absolute atomic E-state index is 13.1. The van der Waals surface area contributed by atoms with E-state index in [0.29, 0.717) is 11.3 Å². The van der Waals surface area contributed by atoms with Gasteiger partial charge in [-0.1, -0.05) is 19.9 Å². The summed E-state index contributed by atoms with van der Waals surface area (Å²) >= 11 is 0. The molecule has 20 heavy (non-hydrogen) atoms. The first-order valence-corrected chi connectivity index (χ1v) is 7.22. The smallest absolute Gasteiger partial charge is 0.186 e. The van der Waals surface area contributed by atoms with Gasteiger partial charge in [0, 0.05) is 0 Å². The van der Waals surface area contributed by atoms with Gasteiger partial charge in [0.15, 0.2) is 5.78 Å². The van der Waals surface area contributed by atoms with Crippen LogP contribution in [-0.4, -0.2) is 37.4 Å². The molecule has 1 rings (SSSR count). The number of likely N-dealkylation sites (N-methyl/N-ethyl adjacent to an activating group) is 1. The molecule has 0 radical (unpaired) electrons. The molecule has 1 aromatic rings. The minimum atomic E-state index is -0.463. The molecule has 0 spiro atoms.